The van der Waals surface area contributed by atoms with Crippen LogP contribution in [-0.2, 0) is 13.6 Å². The standard InChI is InChI=1S/C21H26N4O2/c1-15-19(23-21(27-15)16-6-8-18(26-3)9-7-16)14-25-11-4-5-17(13-25)20-22-10-12-24(20)2/h6-10,12,17H,4-5,11,13-14H2,1-3H3/t17-/m1/s1. The summed E-state index contributed by atoms with van der Waals surface area (Å²) >= 11 is 0. The van der Waals surface area contributed by atoms with Crippen molar-refractivity contribution in [2.45, 2.75) is 32.2 Å². The van der Waals surface area contributed by atoms with Crippen molar-refractivity contribution in [1.82, 2.24) is 19.4 Å². The minimum Gasteiger partial charge on any atom is -0.497 e. The summed E-state index contributed by atoms with van der Waals surface area (Å²) in [5.74, 6) is 4.04. The van der Waals surface area contributed by atoms with E-state index in [4.69, 9.17) is 14.1 Å². The molecule has 0 spiro atoms. The lowest BCUT2D eigenvalue weighted by Gasteiger charge is -2.31. The van der Waals surface area contributed by atoms with Gasteiger partial charge in [0.1, 0.15) is 17.3 Å². The van der Waals surface area contributed by atoms with E-state index >= 15 is 0 Å². The number of likely N-dealkylation sites (tertiary alicyclic amines) is 1. The largest absolute Gasteiger partial charge is 0.497 e. The van der Waals surface area contributed by atoms with E-state index in [1.165, 1.54) is 18.7 Å². The van der Waals surface area contributed by atoms with Gasteiger partial charge in [-0.3, -0.25) is 4.90 Å². The monoisotopic (exact) mass is 366 g/mol. The number of benzene rings is 1. The normalized spacial score (nSPS) is 18.0. The second kappa shape index (κ2) is 7.56. The summed E-state index contributed by atoms with van der Waals surface area (Å²) in [5, 5.41) is 0. The van der Waals surface area contributed by atoms with E-state index in [-0.39, 0.29) is 0 Å². The van der Waals surface area contributed by atoms with Crippen LogP contribution in [0.25, 0.3) is 11.5 Å². The Balaban J connectivity index is 1.47. The van der Waals surface area contributed by atoms with Crippen molar-refractivity contribution in [3.63, 3.8) is 0 Å². The molecule has 0 radical (unpaired) electrons. The average molecular weight is 366 g/mol. The molecule has 0 N–H and O–H groups in total. The van der Waals surface area contributed by atoms with Crippen molar-refractivity contribution < 1.29 is 9.15 Å². The van der Waals surface area contributed by atoms with Gasteiger partial charge in [0.25, 0.3) is 0 Å². The van der Waals surface area contributed by atoms with Crippen LogP contribution in [-0.4, -0.2) is 39.6 Å². The van der Waals surface area contributed by atoms with Crippen LogP contribution in [0.2, 0.25) is 0 Å². The molecule has 0 saturated carbocycles. The first-order valence-corrected chi connectivity index (χ1v) is 9.44. The van der Waals surface area contributed by atoms with Gasteiger partial charge in [-0.15, -0.1) is 0 Å². The Labute approximate surface area is 159 Å². The Hall–Kier alpha value is -2.60. The average Bonchev–Trinajstić information content (AvgIpc) is 3.28. The third-order valence-electron chi connectivity index (χ3n) is 5.33. The molecule has 27 heavy (non-hydrogen) atoms. The summed E-state index contributed by atoms with van der Waals surface area (Å²) < 4.78 is 13.3. The third kappa shape index (κ3) is 3.76. The second-order valence-corrected chi connectivity index (χ2v) is 7.22. The van der Waals surface area contributed by atoms with Crippen molar-refractivity contribution in [3.8, 4) is 17.2 Å². The van der Waals surface area contributed by atoms with Gasteiger partial charge in [-0.25, -0.2) is 9.97 Å². The molecule has 1 saturated heterocycles. The Kier molecular flexibility index (Phi) is 4.99. The smallest absolute Gasteiger partial charge is 0.226 e. The molecule has 0 aliphatic carbocycles. The Morgan fingerprint density at radius 1 is 1.26 bits per heavy atom. The number of methoxy groups -OCH3 is 1. The highest BCUT2D eigenvalue weighted by Gasteiger charge is 2.25. The molecule has 3 heterocycles. The molecule has 4 rings (SSSR count). The number of oxazole rings is 1. The first-order valence-electron chi connectivity index (χ1n) is 9.44. The minimum absolute atomic E-state index is 0.479. The van der Waals surface area contributed by atoms with Crippen LogP contribution in [0, 0.1) is 6.92 Å². The van der Waals surface area contributed by atoms with E-state index in [0.29, 0.717) is 11.8 Å². The summed E-state index contributed by atoms with van der Waals surface area (Å²) in [6.45, 7) is 4.90. The number of hydrogen-bond acceptors (Lipinski definition) is 5. The van der Waals surface area contributed by atoms with Crippen molar-refractivity contribution in [1.29, 1.82) is 0 Å². The maximum Gasteiger partial charge on any atom is 0.226 e. The lowest BCUT2D eigenvalue weighted by Crippen LogP contribution is -2.35. The van der Waals surface area contributed by atoms with E-state index in [1.54, 1.807) is 7.11 Å². The van der Waals surface area contributed by atoms with Crippen LogP contribution >= 0.6 is 0 Å². The Morgan fingerprint density at radius 3 is 2.78 bits per heavy atom. The molecule has 6 nitrogen and oxygen atoms in total. The second-order valence-electron chi connectivity index (χ2n) is 7.22. The first-order chi connectivity index (χ1) is 13.1. The summed E-state index contributed by atoms with van der Waals surface area (Å²) in [6.07, 6.45) is 6.28. The molecular formula is C21H26N4O2. The Morgan fingerprint density at radius 2 is 2.07 bits per heavy atom. The van der Waals surface area contributed by atoms with Gasteiger partial charge in [-0.1, -0.05) is 0 Å². The number of piperidine rings is 1. The van der Waals surface area contributed by atoms with Gasteiger partial charge in [0.2, 0.25) is 5.89 Å². The maximum atomic E-state index is 5.94. The molecule has 1 aromatic carbocycles. The summed E-state index contributed by atoms with van der Waals surface area (Å²) in [6, 6.07) is 7.81. The van der Waals surface area contributed by atoms with Gasteiger partial charge >= 0.3 is 0 Å². The van der Waals surface area contributed by atoms with Gasteiger partial charge in [-0.2, -0.15) is 0 Å². The van der Waals surface area contributed by atoms with Crippen molar-refractivity contribution >= 4 is 0 Å². The van der Waals surface area contributed by atoms with E-state index in [0.717, 1.165) is 42.4 Å². The minimum atomic E-state index is 0.479. The van der Waals surface area contributed by atoms with Crippen LogP contribution < -0.4 is 4.74 Å². The fourth-order valence-corrected chi connectivity index (χ4v) is 3.82. The molecule has 2 aromatic heterocycles. The highest BCUT2D eigenvalue weighted by atomic mass is 16.5. The molecule has 0 bridgehead atoms. The fourth-order valence-electron chi connectivity index (χ4n) is 3.82. The topological polar surface area (TPSA) is 56.3 Å². The van der Waals surface area contributed by atoms with Gasteiger partial charge in [-0.05, 0) is 50.6 Å². The Bertz CT molecular complexity index is 897. The lowest BCUT2D eigenvalue weighted by atomic mass is 9.97. The zero-order valence-corrected chi connectivity index (χ0v) is 16.2. The van der Waals surface area contributed by atoms with Gasteiger partial charge in [0, 0.05) is 44.0 Å². The number of hydrogen-bond donors (Lipinski definition) is 0. The molecule has 142 valence electrons. The molecule has 1 aliphatic heterocycles. The highest BCUT2D eigenvalue weighted by molar-refractivity contribution is 5.55. The number of imidazole rings is 1. The molecule has 1 atom stereocenters. The number of aromatic nitrogens is 3. The number of nitrogens with zero attached hydrogens (tertiary/aromatic N) is 4. The van der Waals surface area contributed by atoms with Crippen LogP contribution in [0.3, 0.4) is 0 Å². The predicted molar refractivity (Wildman–Crippen MR) is 104 cm³/mol. The van der Waals surface area contributed by atoms with Gasteiger partial charge < -0.3 is 13.7 Å². The third-order valence-corrected chi connectivity index (χ3v) is 5.33. The molecule has 1 fully saturated rings. The zero-order valence-electron chi connectivity index (χ0n) is 16.2. The quantitative estimate of drug-likeness (QED) is 0.688. The molecule has 0 amide bonds. The zero-order chi connectivity index (χ0) is 18.8. The van der Waals surface area contributed by atoms with Gasteiger partial charge in [0.15, 0.2) is 0 Å². The molecule has 3 aromatic rings. The lowest BCUT2D eigenvalue weighted by molar-refractivity contribution is 0.192. The predicted octanol–water partition coefficient (Wildman–Crippen LogP) is 3.77. The van der Waals surface area contributed by atoms with Crippen molar-refractivity contribution in [2.75, 3.05) is 20.2 Å². The van der Waals surface area contributed by atoms with Crippen LogP contribution in [0.5, 0.6) is 5.75 Å². The number of rotatable bonds is 5. The molecule has 6 heteroatoms. The summed E-state index contributed by atoms with van der Waals surface area (Å²) in [7, 11) is 3.74. The van der Waals surface area contributed by atoms with Crippen molar-refractivity contribution in [2.24, 2.45) is 7.05 Å². The van der Waals surface area contributed by atoms with E-state index in [9.17, 15) is 0 Å². The molecule has 1 aliphatic rings. The number of ether oxygens (including phenoxy) is 1. The van der Waals surface area contributed by atoms with Crippen molar-refractivity contribution in [3.05, 3.63) is 53.9 Å². The first kappa shape index (κ1) is 17.8. The van der Waals surface area contributed by atoms with Crippen LogP contribution in [0.4, 0.5) is 0 Å². The molecular weight excluding hydrogens is 340 g/mol. The fraction of sp³-hybridized carbons (Fsp3) is 0.429. The SMILES string of the molecule is COc1ccc(-c2nc(CN3CCC[C@@H](c4nccn4C)C3)c(C)o2)cc1. The van der Waals surface area contributed by atoms with Crippen LogP contribution in [0.1, 0.15) is 36.0 Å². The van der Waals surface area contributed by atoms with Gasteiger partial charge in [0.05, 0.1) is 12.8 Å². The summed E-state index contributed by atoms with van der Waals surface area (Å²) in [5.41, 5.74) is 1.98. The highest BCUT2D eigenvalue weighted by Crippen LogP contribution is 2.28. The van der Waals surface area contributed by atoms with E-state index < -0.39 is 0 Å². The number of aryl methyl sites for hydroxylation is 2. The molecule has 0 unspecified atom stereocenters. The van der Waals surface area contributed by atoms with E-state index in [2.05, 4.69) is 21.5 Å². The maximum absolute atomic E-state index is 5.94. The van der Waals surface area contributed by atoms with E-state index in [1.807, 2.05) is 43.6 Å². The summed E-state index contributed by atoms with van der Waals surface area (Å²) in [4.78, 5) is 11.8. The van der Waals surface area contributed by atoms with Crippen LogP contribution in [0.15, 0.2) is 41.1 Å².